The zero-order chi connectivity index (χ0) is 20.8. The Balaban J connectivity index is 0.00000130. The summed E-state index contributed by atoms with van der Waals surface area (Å²) in [6.45, 7) is 3.06. The van der Waals surface area contributed by atoms with Gasteiger partial charge in [-0.2, -0.15) is 0 Å². The van der Waals surface area contributed by atoms with Crippen LogP contribution < -0.4 is 5.32 Å². The summed E-state index contributed by atoms with van der Waals surface area (Å²) < 4.78 is 0. The van der Waals surface area contributed by atoms with Gasteiger partial charge in [-0.25, -0.2) is 4.98 Å². The maximum absolute atomic E-state index is 4.47. The number of aromatic amines is 1. The Kier molecular flexibility index (Phi) is 6.76. The number of hydrogen-bond donors (Lipinski definition) is 2. The van der Waals surface area contributed by atoms with Gasteiger partial charge < -0.3 is 10.3 Å². The second kappa shape index (κ2) is 9.56. The van der Waals surface area contributed by atoms with Crippen LogP contribution in [0.1, 0.15) is 22.3 Å². The third kappa shape index (κ3) is 4.24. The van der Waals surface area contributed by atoms with E-state index in [-0.39, 0.29) is 24.8 Å². The smallest absolute Gasteiger partial charge is 0.0931 e. The predicted molar refractivity (Wildman–Crippen MR) is 143 cm³/mol. The highest BCUT2D eigenvalue weighted by molar-refractivity contribution is 6.00. The van der Waals surface area contributed by atoms with Crippen LogP contribution in [0, 0.1) is 6.92 Å². The molecule has 0 spiro atoms. The minimum atomic E-state index is 0. The molecular formula is C28H27Cl2N3. The monoisotopic (exact) mass is 475 g/mol. The Hall–Kier alpha value is -2.85. The van der Waals surface area contributed by atoms with E-state index in [1.54, 1.807) is 6.33 Å². The second-order valence-corrected chi connectivity index (χ2v) is 8.66. The molecule has 0 saturated carbocycles. The van der Waals surface area contributed by atoms with Gasteiger partial charge in [-0.3, -0.25) is 0 Å². The first-order chi connectivity index (χ1) is 15.3. The molecule has 0 bridgehead atoms. The van der Waals surface area contributed by atoms with Crippen LogP contribution in [0.3, 0.4) is 0 Å². The molecule has 0 atom stereocenters. The molecule has 0 unspecified atom stereocenters. The van der Waals surface area contributed by atoms with Crippen molar-refractivity contribution in [3.8, 4) is 11.1 Å². The summed E-state index contributed by atoms with van der Waals surface area (Å²) in [5, 5.41) is 6.44. The van der Waals surface area contributed by atoms with E-state index < -0.39 is 0 Å². The molecule has 5 heteroatoms. The molecule has 3 nitrogen and oxygen atoms in total. The lowest BCUT2D eigenvalue weighted by Crippen LogP contribution is -2.29. The Bertz CT molecular complexity index is 1400. The van der Waals surface area contributed by atoms with E-state index in [1.807, 2.05) is 0 Å². The Morgan fingerprint density at radius 2 is 1.55 bits per heavy atom. The second-order valence-electron chi connectivity index (χ2n) is 8.66. The average Bonchev–Trinajstić information content (AvgIpc) is 3.43. The van der Waals surface area contributed by atoms with Crippen molar-refractivity contribution in [2.75, 3.05) is 0 Å². The van der Waals surface area contributed by atoms with Gasteiger partial charge in [-0.05, 0) is 76.1 Å². The first-order valence-corrected chi connectivity index (χ1v) is 11.0. The van der Waals surface area contributed by atoms with Gasteiger partial charge in [-0.1, -0.05) is 60.7 Å². The number of rotatable bonds is 4. The van der Waals surface area contributed by atoms with Gasteiger partial charge in [0.05, 0.1) is 17.4 Å². The van der Waals surface area contributed by atoms with Gasteiger partial charge in [0.2, 0.25) is 0 Å². The number of nitrogens with one attached hydrogen (secondary N) is 2. The van der Waals surface area contributed by atoms with E-state index in [0.717, 1.165) is 30.4 Å². The SMILES string of the molecule is Cc1cc2[nH]cnc2cc1-c1ccc(CNC2Cc3ccccc3C2)c2ccccc12.Cl.Cl. The van der Waals surface area contributed by atoms with E-state index in [2.05, 4.69) is 95.0 Å². The number of halogens is 2. The van der Waals surface area contributed by atoms with Crippen molar-refractivity contribution in [1.29, 1.82) is 0 Å². The third-order valence-corrected chi connectivity index (χ3v) is 6.70. The molecule has 1 aliphatic rings. The lowest BCUT2D eigenvalue weighted by atomic mass is 9.92. The molecule has 0 amide bonds. The molecule has 168 valence electrons. The summed E-state index contributed by atoms with van der Waals surface area (Å²) in [5.74, 6) is 0. The largest absolute Gasteiger partial charge is 0.345 e. The highest BCUT2D eigenvalue weighted by Crippen LogP contribution is 2.34. The van der Waals surface area contributed by atoms with Crippen LogP contribution in [0.25, 0.3) is 32.9 Å². The molecule has 4 aromatic carbocycles. The number of benzene rings is 4. The fourth-order valence-corrected chi connectivity index (χ4v) is 5.09. The topological polar surface area (TPSA) is 40.7 Å². The third-order valence-electron chi connectivity index (χ3n) is 6.70. The van der Waals surface area contributed by atoms with Crippen molar-refractivity contribution in [1.82, 2.24) is 15.3 Å². The van der Waals surface area contributed by atoms with Crippen LogP contribution >= 0.6 is 24.8 Å². The maximum Gasteiger partial charge on any atom is 0.0931 e. The van der Waals surface area contributed by atoms with Crippen molar-refractivity contribution in [2.24, 2.45) is 0 Å². The molecule has 0 aliphatic heterocycles. The average molecular weight is 476 g/mol. The first kappa shape index (κ1) is 23.3. The minimum Gasteiger partial charge on any atom is -0.345 e. The first-order valence-electron chi connectivity index (χ1n) is 11.0. The Labute approximate surface area is 206 Å². The zero-order valence-electron chi connectivity index (χ0n) is 18.5. The van der Waals surface area contributed by atoms with Crippen LogP contribution in [0.4, 0.5) is 0 Å². The molecule has 33 heavy (non-hydrogen) atoms. The molecule has 1 aliphatic carbocycles. The number of hydrogen-bond acceptors (Lipinski definition) is 2. The quantitative estimate of drug-likeness (QED) is 0.300. The van der Waals surface area contributed by atoms with Crippen LogP contribution in [0.15, 0.2) is 79.1 Å². The number of imidazole rings is 1. The molecule has 0 radical (unpaired) electrons. The highest BCUT2D eigenvalue weighted by Gasteiger charge is 2.20. The van der Waals surface area contributed by atoms with Crippen LogP contribution in [-0.2, 0) is 19.4 Å². The van der Waals surface area contributed by atoms with E-state index in [4.69, 9.17) is 0 Å². The summed E-state index contributed by atoms with van der Waals surface area (Å²) >= 11 is 0. The molecule has 0 saturated heterocycles. The molecule has 0 fully saturated rings. The van der Waals surface area contributed by atoms with Gasteiger partial charge in [0.25, 0.3) is 0 Å². The number of H-pyrrole nitrogens is 1. The van der Waals surface area contributed by atoms with Gasteiger partial charge in [-0.15, -0.1) is 24.8 Å². The van der Waals surface area contributed by atoms with Crippen LogP contribution in [0.2, 0.25) is 0 Å². The van der Waals surface area contributed by atoms with Crippen molar-refractivity contribution >= 4 is 46.6 Å². The molecule has 6 rings (SSSR count). The fraction of sp³-hybridized carbons (Fsp3) is 0.179. The minimum absolute atomic E-state index is 0. The van der Waals surface area contributed by atoms with E-state index >= 15 is 0 Å². The standard InChI is InChI=1S/C28H25N3.2ClH/c1-18-12-27-28(31-17-30-27)15-26(18)25-11-10-21(23-8-4-5-9-24(23)25)16-29-22-13-19-6-2-3-7-20(19)14-22;;/h2-12,15,17,22,29H,13-14,16H2,1H3,(H,30,31);2*1H. The normalized spacial score (nSPS) is 13.0. The Morgan fingerprint density at radius 3 is 2.30 bits per heavy atom. The van der Waals surface area contributed by atoms with Crippen LogP contribution in [0.5, 0.6) is 0 Å². The number of aryl methyl sites for hydroxylation is 1. The van der Waals surface area contributed by atoms with Gasteiger partial charge in [0.1, 0.15) is 0 Å². The lowest BCUT2D eigenvalue weighted by Gasteiger charge is -2.16. The molecule has 1 heterocycles. The zero-order valence-corrected chi connectivity index (χ0v) is 20.1. The van der Waals surface area contributed by atoms with Crippen molar-refractivity contribution in [2.45, 2.75) is 32.4 Å². The van der Waals surface area contributed by atoms with E-state index in [1.165, 1.54) is 44.2 Å². The summed E-state index contributed by atoms with van der Waals surface area (Å²) in [6, 6.07) is 27.1. The summed E-state index contributed by atoms with van der Waals surface area (Å²) in [7, 11) is 0. The fourth-order valence-electron chi connectivity index (χ4n) is 5.09. The van der Waals surface area contributed by atoms with Gasteiger partial charge in [0, 0.05) is 12.6 Å². The van der Waals surface area contributed by atoms with Gasteiger partial charge >= 0.3 is 0 Å². The van der Waals surface area contributed by atoms with Gasteiger partial charge in [0.15, 0.2) is 0 Å². The van der Waals surface area contributed by atoms with E-state index in [9.17, 15) is 0 Å². The highest BCUT2D eigenvalue weighted by atomic mass is 35.5. The molecule has 5 aromatic rings. The molecular weight excluding hydrogens is 449 g/mol. The van der Waals surface area contributed by atoms with Crippen molar-refractivity contribution in [3.05, 3.63) is 101 Å². The van der Waals surface area contributed by atoms with Crippen molar-refractivity contribution < 1.29 is 0 Å². The summed E-state index contributed by atoms with van der Waals surface area (Å²) in [5.41, 5.74) is 10.2. The lowest BCUT2D eigenvalue weighted by molar-refractivity contribution is 0.534. The van der Waals surface area contributed by atoms with Crippen molar-refractivity contribution in [3.63, 3.8) is 0 Å². The summed E-state index contributed by atoms with van der Waals surface area (Å²) in [4.78, 5) is 7.68. The predicted octanol–water partition coefficient (Wildman–Crippen LogP) is 6.79. The van der Waals surface area contributed by atoms with E-state index in [0.29, 0.717) is 6.04 Å². The Morgan fingerprint density at radius 1 is 0.848 bits per heavy atom. The summed E-state index contributed by atoms with van der Waals surface area (Å²) in [6.07, 6.45) is 4.01. The number of nitrogens with zero attached hydrogens (tertiary/aromatic N) is 1. The van der Waals surface area contributed by atoms with Crippen LogP contribution in [-0.4, -0.2) is 16.0 Å². The number of fused-ring (bicyclic) bond motifs is 3. The molecule has 1 aromatic heterocycles. The maximum atomic E-state index is 4.47. The number of aromatic nitrogens is 2. The molecule has 2 N–H and O–H groups in total.